The zero-order chi connectivity index (χ0) is 20.2. The molecule has 2 aromatic rings. The van der Waals surface area contributed by atoms with Crippen molar-refractivity contribution in [3.63, 3.8) is 0 Å². The maximum Gasteiger partial charge on any atom is 0.269 e. The molecule has 0 aliphatic carbocycles. The van der Waals surface area contributed by atoms with E-state index in [1.165, 1.54) is 0 Å². The van der Waals surface area contributed by atoms with Crippen LogP contribution in [0.4, 0.5) is 0 Å². The van der Waals surface area contributed by atoms with Gasteiger partial charge >= 0.3 is 0 Å². The first kappa shape index (κ1) is 19.5. The van der Waals surface area contributed by atoms with Crippen molar-refractivity contribution in [2.45, 2.75) is 37.7 Å². The molecule has 152 valence electrons. The fourth-order valence-electron chi connectivity index (χ4n) is 4.02. The number of carbonyl (C=O) groups excluding carboxylic acids is 2. The summed E-state index contributed by atoms with van der Waals surface area (Å²) >= 11 is 0. The van der Waals surface area contributed by atoms with Gasteiger partial charge in [0.2, 0.25) is 0 Å². The fourth-order valence-corrected chi connectivity index (χ4v) is 4.02. The van der Waals surface area contributed by atoms with Gasteiger partial charge in [0.05, 0.1) is 0 Å². The van der Waals surface area contributed by atoms with Crippen LogP contribution in [0.2, 0.25) is 0 Å². The second-order valence-corrected chi connectivity index (χ2v) is 7.58. The molecule has 7 nitrogen and oxygen atoms in total. The van der Waals surface area contributed by atoms with Crippen molar-refractivity contribution in [3.05, 3.63) is 48.0 Å². The number of piperidine rings is 1. The van der Waals surface area contributed by atoms with Gasteiger partial charge in [-0.2, -0.15) is 0 Å². The molecular weight excluding hydrogens is 368 g/mol. The number of likely N-dealkylation sites (tertiary alicyclic amines) is 1. The third kappa shape index (κ3) is 4.29. The van der Waals surface area contributed by atoms with Crippen LogP contribution in [-0.4, -0.2) is 59.5 Å². The van der Waals surface area contributed by atoms with Gasteiger partial charge in [-0.25, -0.2) is 0 Å². The molecule has 1 atom stereocenters. The first-order valence-electron chi connectivity index (χ1n) is 10.2. The predicted molar refractivity (Wildman–Crippen MR) is 108 cm³/mol. The molecule has 2 aromatic heterocycles. The van der Waals surface area contributed by atoms with Crippen LogP contribution in [0.5, 0.6) is 0 Å². The van der Waals surface area contributed by atoms with Crippen LogP contribution in [0, 0.1) is 0 Å². The Morgan fingerprint density at radius 3 is 2.31 bits per heavy atom. The van der Waals surface area contributed by atoms with Crippen molar-refractivity contribution in [3.8, 4) is 11.1 Å². The Balaban J connectivity index is 1.36. The van der Waals surface area contributed by atoms with Gasteiger partial charge in [-0.05, 0) is 37.8 Å². The summed E-state index contributed by atoms with van der Waals surface area (Å²) in [5.74, 6) is 0.317. The monoisotopic (exact) mass is 394 g/mol. The van der Waals surface area contributed by atoms with E-state index in [0.717, 1.165) is 55.6 Å². The van der Waals surface area contributed by atoms with Gasteiger partial charge in [0.15, 0.2) is 0 Å². The normalized spacial score (nSPS) is 19.9. The maximum atomic E-state index is 12.5. The molecule has 0 aromatic carbocycles. The summed E-state index contributed by atoms with van der Waals surface area (Å²) in [6, 6.07) is 7.69. The summed E-state index contributed by atoms with van der Waals surface area (Å²) in [4.78, 5) is 34.9. The van der Waals surface area contributed by atoms with Gasteiger partial charge in [0, 0.05) is 61.9 Å². The van der Waals surface area contributed by atoms with E-state index < -0.39 is 0 Å². The molecule has 2 amide bonds. The Morgan fingerprint density at radius 1 is 1.03 bits per heavy atom. The van der Waals surface area contributed by atoms with Crippen LogP contribution in [-0.2, 0) is 9.53 Å². The van der Waals surface area contributed by atoms with E-state index in [-0.39, 0.29) is 17.9 Å². The maximum absolute atomic E-state index is 12.5. The largest absolute Gasteiger partial charge is 0.368 e. The average molecular weight is 394 g/mol. The SMILES string of the molecule is CNC(=O)c1ccc(-c2ccc(C3CCN(C(=O)C4CCCO4)CC3)nc2)cn1. The van der Waals surface area contributed by atoms with E-state index in [1.807, 2.05) is 23.2 Å². The zero-order valence-corrected chi connectivity index (χ0v) is 16.6. The number of nitrogens with one attached hydrogen (secondary N) is 1. The lowest BCUT2D eigenvalue weighted by atomic mass is 9.92. The van der Waals surface area contributed by atoms with Crippen LogP contribution >= 0.6 is 0 Å². The first-order valence-corrected chi connectivity index (χ1v) is 10.2. The molecule has 0 spiro atoms. The summed E-state index contributed by atoms with van der Waals surface area (Å²) in [6.45, 7) is 2.22. The Bertz CT molecular complexity index is 853. The van der Waals surface area contributed by atoms with Crippen molar-refractivity contribution in [1.29, 1.82) is 0 Å². The van der Waals surface area contributed by atoms with Crippen molar-refractivity contribution < 1.29 is 14.3 Å². The molecule has 1 N–H and O–H groups in total. The number of hydrogen-bond acceptors (Lipinski definition) is 5. The Hall–Kier alpha value is -2.80. The third-order valence-corrected chi connectivity index (χ3v) is 5.77. The highest BCUT2D eigenvalue weighted by molar-refractivity contribution is 5.92. The molecule has 4 heterocycles. The van der Waals surface area contributed by atoms with Crippen molar-refractivity contribution >= 4 is 11.8 Å². The smallest absolute Gasteiger partial charge is 0.269 e. The van der Waals surface area contributed by atoms with Gasteiger partial charge in [0.1, 0.15) is 11.8 Å². The lowest BCUT2D eigenvalue weighted by molar-refractivity contribution is -0.142. The van der Waals surface area contributed by atoms with E-state index in [1.54, 1.807) is 19.3 Å². The van der Waals surface area contributed by atoms with Crippen LogP contribution in [0.3, 0.4) is 0 Å². The molecule has 2 fully saturated rings. The summed E-state index contributed by atoms with van der Waals surface area (Å²) in [5, 5.41) is 2.56. The molecule has 7 heteroatoms. The number of pyridine rings is 2. The molecule has 29 heavy (non-hydrogen) atoms. The zero-order valence-electron chi connectivity index (χ0n) is 16.6. The number of nitrogens with zero attached hydrogens (tertiary/aromatic N) is 3. The highest BCUT2D eigenvalue weighted by Crippen LogP contribution is 2.29. The second-order valence-electron chi connectivity index (χ2n) is 7.58. The van der Waals surface area contributed by atoms with Crippen LogP contribution in [0.1, 0.15) is 47.8 Å². The standard InChI is InChI=1S/C22H26N4O3/c1-23-21(27)19-7-5-17(14-25-19)16-4-6-18(24-13-16)15-8-10-26(11-9-15)22(28)20-3-2-12-29-20/h4-7,13-15,20H,2-3,8-12H2,1H3,(H,23,27). The molecular formula is C22H26N4O3. The van der Waals surface area contributed by atoms with Crippen LogP contribution in [0.15, 0.2) is 36.7 Å². The van der Waals surface area contributed by atoms with Gasteiger partial charge < -0.3 is 15.0 Å². The van der Waals surface area contributed by atoms with E-state index in [0.29, 0.717) is 18.2 Å². The Kier molecular flexibility index (Phi) is 5.85. The molecule has 1 unspecified atom stereocenters. The summed E-state index contributed by atoms with van der Waals surface area (Å²) in [5.41, 5.74) is 3.35. The van der Waals surface area contributed by atoms with E-state index in [2.05, 4.69) is 21.4 Å². The molecule has 0 bridgehead atoms. The van der Waals surface area contributed by atoms with E-state index in [9.17, 15) is 9.59 Å². The molecule has 2 aliphatic heterocycles. The Labute approximate surface area is 170 Å². The second kappa shape index (κ2) is 8.69. The molecule has 4 rings (SSSR count). The average Bonchev–Trinajstić information content (AvgIpc) is 3.33. The quantitative estimate of drug-likeness (QED) is 0.861. The van der Waals surface area contributed by atoms with Crippen molar-refractivity contribution in [1.82, 2.24) is 20.2 Å². The van der Waals surface area contributed by atoms with Crippen molar-refractivity contribution in [2.24, 2.45) is 0 Å². The number of carbonyl (C=O) groups is 2. The molecule has 0 radical (unpaired) electrons. The first-order chi connectivity index (χ1) is 14.2. The van der Waals surface area contributed by atoms with Crippen LogP contribution < -0.4 is 5.32 Å². The summed E-state index contributed by atoms with van der Waals surface area (Å²) < 4.78 is 5.53. The highest BCUT2D eigenvalue weighted by atomic mass is 16.5. The number of hydrogen-bond donors (Lipinski definition) is 1. The lowest BCUT2D eigenvalue weighted by Gasteiger charge is -2.33. The van der Waals surface area contributed by atoms with Gasteiger partial charge in [0.25, 0.3) is 11.8 Å². The summed E-state index contributed by atoms with van der Waals surface area (Å²) in [6.07, 6.45) is 6.99. The molecule has 2 saturated heterocycles. The molecule has 0 saturated carbocycles. The van der Waals surface area contributed by atoms with Crippen molar-refractivity contribution in [2.75, 3.05) is 26.7 Å². The number of amides is 2. The van der Waals surface area contributed by atoms with Gasteiger partial charge in [-0.3, -0.25) is 19.6 Å². The number of aromatic nitrogens is 2. The van der Waals surface area contributed by atoms with E-state index >= 15 is 0 Å². The molecule has 2 aliphatic rings. The third-order valence-electron chi connectivity index (χ3n) is 5.77. The van der Waals surface area contributed by atoms with Gasteiger partial charge in [-0.1, -0.05) is 12.1 Å². The predicted octanol–water partition coefficient (Wildman–Crippen LogP) is 2.39. The van der Waals surface area contributed by atoms with E-state index in [4.69, 9.17) is 4.74 Å². The van der Waals surface area contributed by atoms with Crippen LogP contribution in [0.25, 0.3) is 11.1 Å². The van der Waals surface area contributed by atoms with Gasteiger partial charge in [-0.15, -0.1) is 0 Å². The topological polar surface area (TPSA) is 84.4 Å². The minimum Gasteiger partial charge on any atom is -0.368 e. The highest BCUT2D eigenvalue weighted by Gasteiger charge is 2.31. The number of ether oxygens (including phenoxy) is 1. The summed E-state index contributed by atoms with van der Waals surface area (Å²) in [7, 11) is 1.59. The Morgan fingerprint density at radius 2 is 1.76 bits per heavy atom. The fraction of sp³-hybridized carbons (Fsp3) is 0.455. The number of rotatable bonds is 4. The lowest BCUT2D eigenvalue weighted by Crippen LogP contribution is -2.43. The minimum absolute atomic E-state index is 0.150. The minimum atomic E-state index is -0.229.